The van der Waals surface area contributed by atoms with Gasteiger partial charge in [-0.1, -0.05) is 25.3 Å². The second kappa shape index (κ2) is 27.8. The maximum atomic E-state index is 12.7. The molecule has 0 aromatic heterocycles. The van der Waals surface area contributed by atoms with Crippen LogP contribution >= 0.6 is 0 Å². The number of ether oxygens (including phenoxy) is 7. The molecule has 0 saturated carbocycles. The summed E-state index contributed by atoms with van der Waals surface area (Å²) in [6.07, 6.45) is 12.6. The van der Waals surface area contributed by atoms with E-state index in [1.807, 2.05) is 24.3 Å². The van der Waals surface area contributed by atoms with Crippen LogP contribution in [0, 0.1) is 0 Å². The minimum atomic E-state index is -0.493. The molecule has 0 aliphatic carbocycles. The lowest BCUT2D eigenvalue weighted by atomic mass is 10.2. The van der Waals surface area contributed by atoms with Gasteiger partial charge in [0.25, 0.3) is 0 Å². The van der Waals surface area contributed by atoms with Crippen LogP contribution in [0.15, 0.2) is 120 Å². The Bertz CT molecular complexity index is 2040. The van der Waals surface area contributed by atoms with Gasteiger partial charge in [-0.2, -0.15) is 15.1 Å². The van der Waals surface area contributed by atoms with E-state index >= 15 is 0 Å². The lowest BCUT2D eigenvalue weighted by Gasteiger charge is -2.14. The number of carbonyl (C=O) groups is 3. The first-order chi connectivity index (χ1) is 30.3. The summed E-state index contributed by atoms with van der Waals surface area (Å²) >= 11 is 0. The molecule has 4 aromatic rings. The van der Waals surface area contributed by atoms with E-state index in [1.165, 1.54) is 20.3 Å². The molecule has 0 aliphatic heterocycles. The minimum Gasteiger partial charge on any atom is -0.494 e. The third kappa shape index (κ3) is 17.7. The molecule has 0 N–H and O–H groups in total. The molecule has 328 valence electrons. The van der Waals surface area contributed by atoms with Gasteiger partial charge in [-0.15, -0.1) is 0 Å². The SMILES string of the molecule is C=CC(=O)OCCCCCCOc1ccc(COOc2c(OC)cc(/C=N/N=C/c3ccc(OC(=O)c4ccc(OCCCCCCOC(=O)C=C)cc4)cc3)cc2OC)cc1. The van der Waals surface area contributed by atoms with Gasteiger partial charge >= 0.3 is 17.9 Å². The molecule has 0 fully saturated rings. The van der Waals surface area contributed by atoms with Crippen molar-refractivity contribution in [2.24, 2.45) is 10.2 Å². The Kier molecular flexibility index (Phi) is 21.4. The fraction of sp³-hybridized carbons (Fsp3) is 0.312. The van der Waals surface area contributed by atoms with Gasteiger partial charge in [-0.05, 0) is 135 Å². The fourth-order valence-electron chi connectivity index (χ4n) is 5.53. The predicted octanol–water partition coefficient (Wildman–Crippen LogP) is 9.22. The molecular weight excluding hydrogens is 797 g/mol. The molecule has 14 heteroatoms. The van der Waals surface area contributed by atoms with Crippen LogP contribution in [0.25, 0.3) is 0 Å². The summed E-state index contributed by atoms with van der Waals surface area (Å²) in [4.78, 5) is 46.0. The number of carbonyl (C=O) groups excluding carboxylic acids is 3. The molecular formula is C48H54N2O12. The van der Waals surface area contributed by atoms with E-state index in [2.05, 4.69) is 23.4 Å². The van der Waals surface area contributed by atoms with Crippen molar-refractivity contribution in [1.29, 1.82) is 0 Å². The lowest BCUT2D eigenvalue weighted by molar-refractivity contribution is -0.219. The summed E-state index contributed by atoms with van der Waals surface area (Å²) in [6, 6.07) is 24.6. The number of rotatable bonds is 29. The number of hydrogen-bond acceptors (Lipinski definition) is 14. The molecule has 0 radical (unpaired) electrons. The lowest BCUT2D eigenvalue weighted by Crippen LogP contribution is -2.08. The Balaban J connectivity index is 1.16. The van der Waals surface area contributed by atoms with E-state index in [0.717, 1.165) is 74.3 Å². The average molecular weight is 851 g/mol. The topological polar surface area (TPSA) is 159 Å². The van der Waals surface area contributed by atoms with Crippen molar-refractivity contribution in [1.82, 2.24) is 0 Å². The number of esters is 3. The first-order valence-electron chi connectivity index (χ1n) is 20.3. The van der Waals surface area contributed by atoms with E-state index < -0.39 is 17.9 Å². The number of methoxy groups -OCH3 is 2. The maximum Gasteiger partial charge on any atom is 0.343 e. The van der Waals surface area contributed by atoms with Crippen molar-refractivity contribution in [2.75, 3.05) is 40.6 Å². The molecule has 0 spiro atoms. The highest BCUT2D eigenvalue weighted by molar-refractivity contribution is 5.91. The predicted molar refractivity (Wildman–Crippen MR) is 235 cm³/mol. The van der Waals surface area contributed by atoms with Gasteiger partial charge in [-0.25, -0.2) is 14.4 Å². The van der Waals surface area contributed by atoms with Gasteiger partial charge < -0.3 is 38.0 Å². The number of benzene rings is 4. The monoisotopic (exact) mass is 850 g/mol. The van der Waals surface area contributed by atoms with Gasteiger partial charge in [0.05, 0.1) is 58.6 Å². The molecule has 14 nitrogen and oxygen atoms in total. The van der Waals surface area contributed by atoms with Crippen LogP contribution in [0.4, 0.5) is 0 Å². The number of hydrogen-bond donors (Lipinski definition) is 0. The molecule has 0 atom stereocenters. The Hall–Kier alpha value is -6.93. The summed E-state index contributed by atoms with van der Waals surface area (Å²) < 4.78 is 38.2. The molecule has 4 rings (SSSR count). The quantitative estimate of drug-likeness (QED) is 0.00971. The molecule has 0 unspecified atom stereocenters. The first kappa shape index (κ1) is 47.7. The van der Waals surface area contributed by atoms with Crippen LogP contribution in [-0.4, -0.2) is 71.0 Å². The average Bonchev–Trinajstić information content (AvgIpc) is 3.30. The second-order valence-corrected chi connectivity index (χ2v) is 13.5. The van der Waals surface area contributed by atoms with Crippen molar-refractivity contribution < 1.29 is 57.3 Å². The van der Waals surface area contributed by atoms with Crippen LogP contribution < -0.4 is 28.6 Å². The van der Waals surface area contributed by atoms with Crippen molar-refractivity contribution in [3.05, 3.63) is 132 Å². The van der Waals surface area contributed by atoms with E-state index in [4.69, 9.17) is 42.9 Å². The fourth-order valence-corrected chi connectivity index (χ4v) is 5.53. The van der Waals surface area contributed by atoms with E-state index in [1.54, 1.807) is 73.1 Å². The van der Waals surface area contributed by atoms with Crippen LogP contribution in [-0.2, 0) is 30.6 Å². The summed E-state index contributed by atoms with van der Waals surface area (Å²) in [7, 11) is 3.02. The Morgan fingerprint density at radius 1 is 0.565 bits per heavy atom. The maximum absolute atomic E-state index is 12.7. The second-order valence-electron chi connectivity index (χ2n) is 13.5. The zero-order valence-corrected chi connectivity index (χ0v) is 35.3. The van der Waals surface area contributed by atoms with Crippen molar-refractivity contribution in [3.8, 4) is 34.5 Å². The highest BCUT2D eigenvalue weighted by Crippen LogP contribution is 2.38. The standard InChI is InChI=1S/C48H54N2O12/c1-5-45(51)58-29-13-9-7-11-27-56-40-21-17-37(18-22-40)35-60-62-47-43(54-3)31-38(32-44(47)55-4)34-50-49-33-36-15-23-42(24-16-36)61-48(53)39-19-25-41(26-20-39)57-28-12-8-10-14-30-59-46(52)6-2/h5-6,15-26,31-34H,1-2,7-14,27-30,35H2,3-4H3/b49-33+,50-34+. The minimum absolute atomic E-state index is 0.164. The van der Waals surface area contributed by atoms with Crippen LogP contribution in [0.2, 0.25) is 0 Å². The van der Waals surface area contributed by atoms with Gasteiger partial charge in [-0.3, -0.25) is 0 Å². The normalized spacial score (nSPS) is 10.9. The third-order valence-electron chi connectivity index (χ3n) is 8.87. The van der Waals surface area contributed by atoms with Gasteiger partial charge in [0.2, 0.25) is 5.75 Å². The Labute approximate surface area is 362 Å². The molecule has 0 aliphatic rings. The van der Waals surface area contributed by atoms with Crippen molar-refractivity contribution in [3.63, 3.8) is 0 Å². The molecule has 4 aromatic carbocycles. The largest absolute Gasteiger partial charge is 0.494 e. The summed E-state index contributed by atoms with van der Waals surface area (Å²) in [5.41, 5.74) is 2.65. The third-order valence-corrected chi connectivity index (χ3v) is 8.87. The van der Waals surface area contributed by atoms with Crippen LogP contribution in [0.1, 0.15) is 78.4 Å². The number of nitrogens with zero attached hydrogens (tertiary/aromatic N) is 2. The van der Waals surface area contributed by atoms with Crippen molar-refractivity contribution >= 4 is 30.3 Å². The summed E-state index contributed by atoms with van der Waals surface area (Å²) in [6.45, 7) is 8.83. The number of unbranched alkanes of at least 4 members (excludes halogenated alkanes) is 6. The summed E-state index contributed by atoms with van der Waals surface area (Å²) in [5.74, 6) is 1.51. The smallest absolute Gasteiger partial charge is 0.343 e. The molecule has 0 amide bonds. The van der Waals surface area contributed by atoms with E-state index in [-0.39, 0.29) is 12.4 Å². The van der Waals surface area contributed by atoms with E-state index in [0.29, 0.717) is 60.6 Å². The Morgan fingerprint density at radius 2 is 1.03 bits per heavy atom. The van der Waals surface area contributed by atoms with Crippen LogP contribution in [0.3, 0.4) is 0 Å². The van der Waals surface area contributed by atoms with Crippen LogP contribution in [0.5, 0.6) is 34.5 Å². The van der Waals surface area contributed by atoms with E-state index in [9.17, 15) is 14.4 Å². The molecule has 0 heterocycles. The zero-order valence-electron chi connectivity index (χ0n) is 35.3. The zero-order chi connectivity index (χ0) is 44.2. The molecule has 62 heavy (non-hydrogen) atoms. The van der Waals surface area contributed by atoms with Gasteiger partial charge in [0.15, 0.2) is 11.5 Å². The highest BCUT2D eigenvalue weighted by Gasteiger charge is 2.16. The molecule has 0 bridgehead atoms. The van der Waals surface area contributed by atoms with Crippen molar-refractivity contribution in [2.45, 2.75) is 58.0 Å². The summed E-state index contributed by atoms with van der Waals surface area (Å²) in [5, 5.41) is 8.30. The Morgan fingerprint density at radius 3 is 1.53 bits per heavy atom. The van der Waals surface area contributed by atoms with Gasteiger partial charge in [0.1, 0.15) is 23.9 Å². The highest BCUT2D eigenvalue weighted by atomic mass is 17.2. The molecule has 0 saturated heterocycles. The first-order valence-corrected chi connectivity index (χ1v) is 20.3. The van der Waals surface area contributed by atoms with Gasteiger partial charge in [0, 0.05) is 17.7 Å².